The predicted octanol–water partition coefficient (Wildman–Crippen LogP) is 2.68. The summed E-state index contributed by atoms with van der Waals surface area (Å²) in [4.78, 5) is 16.2. The van der Waals surface area contributed by atoms with Crippen molar-refractivity contribution >= 4 is 22.5 Å². The number of ether oxygens (including phenoxy) is 2. The summed E-state index contributed by atoms with van der Waals surface area (Å²) in [5, 5.41) is 5.58. The Balaban J connectivity index is 2.27. The van der Waals surface area contributed by atoms with E-state index in [0.717, 1.165) is 15.7 Å². The molecule has 7 heteroatoms. The standard InChI is InChI=1S/C12H17N3O3S/c1-7-8(6-18-11(16)17-5)13-10-15(7)14-9(19-10)12(2,3)4/h6H2,1-5H3. The molecule has 104 valence electrons. The summed E-state index contributed by atoms with van der Waals surface area (Å²) < 4.78 is 11.1. The molecule has 0 aliphatic carbocycles. The summed E-state index contributed by atoms with van der Waals surface area (Å²) in [5.74, 6) is 0. The van der Waals surface area contributed by atoms with E-state index in [0.29, 0.717) is 5.69 Å². The van der Waals surface area contributed by atoms with Crippen LogP contribution in [0.2, 0.25) is 0 Å². The van der Waals surface area contributed by atoms with Crippen molar-refractivity contribution in [3.63, 3.8) is 0 Å². The molecule has 0 bridgehead atoms. The molecule has 0 aliphatic heterocycles. The minimum Gasteiger partial charge on any atom is -0.438 e. The number of hydrogen-bond acceptors (Lipinski definition) is 6. The number of carbonyl (C=O) groups is 1. The van der Waals surface area contributed by atoms with Crippen LogP contribution in [0.4, 0.5) is 4.79 Å². The van der Waals surface area contributed by atoms with Crippen LogP contribution in [-0.4, -0.2) is 27.9 Å². The topological polar surface area (TPSA) is 65.7 Å². The molecule has 0 unspecified atom stereocenters. The van der Waals surface area contributed by atoms with Crippen LogP contribution in [0.1, 0.15) is 37.2 Å². The molecule has 0 fully saturated rings. The molecule has 0 N–H and O–H groups in total. The number of aryl methyl sites for hydroxylation is 1. The second-order valence-electron chi connectivity index (χ2n) is 5.24. The maximum Gasteiger partial charge on any atom is 0.508 e. The number of methoxy groups -OCH3 is 1. The molecule has 0 saturated carbocycles. The fourth-order valence-corrected chi connectivity index (χ4v) is 2.54. The normalized spacial score (nSPS) is 11.8. The average molecular weight is 283 g/mol. The molecule has 2 aromatic rings. The number of carbonyl (C=O) groups excluding carboxylic acids is 1. The van der Waals surface area contributed by atoms with E-state index in [4.69, 9.17) is 4.74 Å². The first-order chi connectivity index (χ1) is 8.82. The number of fused-ring (bicyclic) bond motifs is 1. The average Bonchev–Trinajstić information content (AvgIpc) is 2.86. The van der Waals surface area contributed by atoms with Gasteiger partial charge in [-0.2, -0.15) is 5.10 Å². The van der Waals surface area contributed by atoms with Gasteiger partial charge in [-0.1, -0.05) is 32.1 Å². The molecule has 19 heavy (non-hydrogen) atoms. The third-order valence-electron chi connectivity index (χ3n) is 2.66. The number of aromatic nitrogens is 3. The Labute approximate surface area is 115 Å². The Bertz CT molecular complexity index is 610. The minimum atomic E-state index is -0.709. The molecule has 0 aromatic carbocycles. The van der Waals surface area contributed by atoms with E-state index < -0.39 is 6.16 Å². The highest BCUT2D eigenvalue weighted by Crippen LogP contribution is 2.28. The summed E-state index contributed by atoms with van der Waals surface area (Å²) in [7, 11) is 1.28. The van der Waals surface area contributed by atoms with Crippen molar-refractivity contribution < 1.29 is 14.3 Å². The number of imidazole rings is 1. The predicted molar refractivity (Wildman–Crippen MR) is 71.5 cm³/mol. The minimum absolute atomic E-state index is 0.000483. The molecular weight excluding hydrogens is 266 g/mol. The maximum atomic E-state index is 10.9. The molecular formula is C12H17N3O3S. The summed E-state index contributed by atoms with van der Waals surface area (Å²) in [6.07, 6.45) is -0.709. The Morgan fingerprint density at radius 1 is 1.42 bits per heavy atom. The maximum absolute atomic E-state index is 10.9. The van der Waals surface area contributed by atoms with Crippen molar-refractivity contribution in [2.45, 2.75) is 39.7 Å². The van der Waals surface area contributed by atoms with Gasteiger partial charge in [-0.3, -0.25) is 0 Å². The molecule has 2 rings (SSSR count). The number of rotatable bonds is 2. The van der Waals surface area contributed by atoms with Crippen LogP contribution < -0.4 is 0 Å². The largest absolute Gasteiger partial charge is 0.508 e. The highest BCUT2D eigenvalue weighted by atomic mass is 32.1. The van der Waals surface area contributed by atoms with Gasteiger partial charge >= 0.3 is 6.16 Å². The quantitative estimate of drug-likeness (QED) is 0.793. The van der Waals surface area contributed by atoms with Crippen molar-refractivity contribution in [1.82, 2.24) is 14.6 Å². The van der Waals surface area contributed by atoms with E-state index in [2.05, 4.69) is 35.6 Å². The highest BCUT2D eigenvalue weighted by Gasteiger charge is 2.22. The molecule has 6 nitrogen and oxygen atoms in total. The van der Waals surface area contributed by atoms with Crippen molar-refractivity contribution in [2.75, 3.05) is 7.11 Å². The lowest BCUT2D eigenvalue weighted by molar-refractivity contribution is 0.0659. The summed E-state index contributed by atoms with van der Waals surface area (Å²) in [6, 6.07) is 0. The first-order valence-electron chi connectivity index (χ1n) is 5.89. The molecule has 0 aliphatic rings. The second-order valence-corrected chi connectivity index (χ2v) is 6.19. The van der Waals surface area contributed by atoms with E-state index in [1.54, 1.807) is 15.9 Å². The van der Waals surface area contributed by atoms with Crippen LogP contribution >= 0.6 is 11.3 Å². The molecule has 0 spiro atoms. The van der Waals surface area contributed by atoms with E-state index in [1.807, 2.05) is 6.92 Å². The van der Waals surface area contributed by atoms with Crippen LogP contribution in [0.5, 0.6) is 0 Å². The van der Waals surface area contributed by atoms with Crippen LogP contribution in [-0.2, 0) is 21.5 Å². The summed E-state index contributed by atoms with van der Waals surface area (Å²) >= 11 is 1.55. The Kier molecular flexibility index (Phi) is 3.49. The van der Waals surface area contributed by atoms with Gasteiger partial charge < -0.3 is 9.47 Å². The van der Waals surface area contributed by atoms with E-state index in [1.165, 1.54) is 7.11 Å². The molecule has 2 aromatic heterocycles. The Morgan fingerprint density at radius 2 is 2.11 bits per heavy atom. The first-order valence-corrected chi connectivity index (χ1v) is 6.71. The van der Waals surface area contributed by atoms with E-state index in [9.17, 15) is 4.79 Å². The molecule has 0 radical (unpaired) electrons. The zero-order valence-corrected chi connectivity index (χ0v) is 12.5. The summed E-state index contributed by atoms with van der Waals surface area (Å²) in [6.45, 7) is 8.34. The lowest BCUT2D eigenvalue weighted by Gasteiger charge is -2.12. The van der Waals surface area contributed by atoms with Gasteiger partial charge in [0, 0.05) is 5.41 Å². The SMILES string of the molecule is COC(=O)OCc1nc2sc(C(C)(C)C)nn2c1C. The monoisotopic (exact) mass is 283 g/mol. The molecule has 0 atom stereocenters. The highest BCUT2D eigenvalue weighted by molar-refractivity contribution is 7.16. The fourth-order valence-electron chi connectivity index (χ4n) is 1.52. The van der Waals surface area contributed by atoms with Crippen molar-refractivity contribution in [1.29, 1.82) is 0 Å². The van der Waals surface area contributed by atoms with E-state index >= 15 is 0 Å². The molecule has 2 heterocycles. The third-order valence-corrected chi connectivity index (χ3v) is 4.00. The van der Waals surface area contributed by atoms with Gasteiger partial charge in [-0.05, 0) is 6.92 Å². The van der Waals surface area contributed by atoms with Crippen molar-refractivity contribution in [3.05, 3.63) is 16.4 Å². The second kappa shape index (κ2) is 4.80. The van der Waals surface area contributed by atoms with Crippen LogP contribution in [0.25, 0.3) is 4.96 Å². The van der Waals surface area contributed by atoms with Gasteiger partial charge in [0.1, 0.15) is 17.3 Å². The van der Waals surface area contributed by atoms with Gasteiger partial charge in [0.2, 0.25) is 4.96 Å². The van der Waals surface area contributed by atoms with Gasteiger partial charge in [0.25, 0.3) is 0 Å². The molecule has 0 amide bonds. The summed E-state index contributed by atoms with van der Waals surface area (Å²) in [5.41, 5.74) is 1.58. The van der Waals surface area contributed by atoms with Gasteiger partial charge in [-0.25, -0.2) is 14.3 Å². The number of hydrogen-bond donors (Lipinski definition) is 0. The van der Waals surface area contributed by atoms with E-state index in [-0.39, 0.29) is 12.0 Å². The fraction of sp³-hybridized carbons (Fsp3) is 0.583. The van der Waals surface area contributed by atoms with Gasteiger partial charge in [0.05, 0.1) is 12.8 Å². The van der Waals surface area contributed by atoms with Crippen molar-refractivity contribution in [3.8, 4) is 0 Å². The van der Waals surface area contributed by atoms with Gasteiger partial charge in [0.15, 0.2) is 0 Å². The Hall–Kier alpha value is -1.63. The lowest BCUT2D eigenvalue weighted by Crippen LogP contribution is -2.11. The molecule has 0 saturated heterocycles. The van der Waals surface area contributed by atoms with Crippen LogP contribution in [0.15, 0.2) is 0 Å². The first kappa shape index (κ1) is 13.8. The third kappa shape index (κ3) is 2.70. The Morgan fingerprint density at radius 3 is 2.63 bits per heavy atom. The number of nitrogens with zero attached hydrogens (tertiary/aromatic N) is 3. The van der Waals surface area contributed by atoms with Crippen LogP contribution in [0, 0.1) is 6.92 Å². The smallest absolute Gasteiger partial charge is 0.438 e. The van der Waals surface area contributed by atoms with Crippen LogP contribution in [0.3, 0.4) is 0 Å². The zero-order valence-electron chi connectivity index (χ0n) is 11.7. The van der Waals surface area contributed by atoms with Gasteiger partial charge in [-0.15, -0.1) is 0 Å². The van der Waals surface area contributed by atoms with Crippen molar-refractivity contribution in [2.24, 2.45) is 0 Å². The lowest BCUT2D eigenvalue weighted by atomic mass is 9.98. The zero-order chi connectivity index (χ0) is 14.2.